The van der Waals surface area contributed by atoms with Crippen LogP contribution in [-0.4, -0.2) is 35.4 Å². The second-order valence-corrected chi connectivity index (χ2v) is 6.45. The van der Waals surface area contributed by atoms with Crippen molar-refractivity contribution < 1.29 is 19.2 Å². The van der Waals surface area contributed by atoms with Crippen LogP contribution in [0.2, 0.25) is 0 Å². The lowest BCUT2D eigenvalue weighted by atomic mass is 10.1. The second kappa shape index (κ2) is 6.76. The van der Waals surface area contributed by atoms with Crippen LogP contribution in [0.15, 0.2) is 36.4 Å². The van der Waals surface area contributed by atoms with Crippen molar-refractivity contribution in [2.45, 2.75) is 19.5 Å². The Hall–Kier alpha value is -2.93. The van der Waals surface area contributed by atoms with E-state index in [2.05, 4.69) is 4.90 Å². The van der Waals surface area contributed by atoms with Crippen LogP contribution >= 0.6 is 0 Å². The van der Waals surface area contributed by atoms with E-state index in [0.717, 1.165) is 11.1 Å². The maximum atomic E-state index is 12.5. The van der Waals surface area contributed by atoms with Gasteiger partial charge in [-0.1, -0.05) is 6.07 Å². The first-order chi connectivity index (χ1) is 12.6. The zero-order chi connectivity index (χ0) is 18.1. The molecule has 7 nitrogen and oxygen atoms in total. The van der Waals surface area contributed by atoms with Crippen LogP contribution in [0.25, 0.3) is 0 Å². The van der Waals surface area contributed by atoms with Gasteiger partial charge in [0.1, 0.15) is 13.2 Å². The molecule has 0 amide bonds. The molecule has 0 radical (unpaired) electrons. The Labute approximate surface area is 150 Å². The summed E-state index contributed by atoms with van der Waals surface area (Å²) in [5.41, 5.74) is 2.77. The average Bonchev–Trinajstić information content (AvgIpc) is 3.07. The quantitative estimate of drug-likeness (QED) is 0.466. The number of carbonyl (C=O) groups excluding carboxylic acids is 1. The third-order valence-corrected chi connectivity index (χ3v) is 4.71. The molecule has 2 aromatic rings. The predicted octanol–water partition coefficient (Wildman–Crippen LogP) is 2.95. The second-order valence-electron chi connectivity index (χ2n) is 6.45. The summed E-state index contributed by atoms with van der Waals surface area (Å²) < 4.78 is 11.0. The zero-order valence-electron chi connectivity index (χ0n) is 14.1. The summed E-state index contributed by atoms with van der Waals surface area (Å²) in [7, 11) is 0. The largest absolute Gasteiger partial charge is 0.486 e. The Morgan fingerprint density at radius 1 is 1.04 bits per heavy atom. The van der Waals surface area contributed by atoms with Crippen molar-refractivity contribution in [3.63, 3.8) is 0 Å². The van der Waals surface area contributed by atoms with Gasteiger partial charge in [0.2, 0.25) is 0 Å². The minimum Gasteiger partial charge on any atom is -0.486 e. The Kier molecular flexibility index (Phi) is 4.30. The molecule has 0 saturated heterocycles. The van der Waals surface area contributed by atoms with Gasteiger partial charge in [0.25, 0.3) is 5.69 Å². The van der Waals surface area contributed by atoms with Gasteiger partial charge in [0.05, 0.1) is 4.92 Å². The number of nitrogens with zero attached hydrogens (tertiary/aromatic N) is 2. The highest BCUT2D eigenvalue weighted by molar-refractivity contribution is 5.96. The van der Waals surface area contributed by atoms with Crippen LogP contribution in [0.5, 0.6) is 11.5 Å². The minimum atomic E-state index is -0.381. The van der Waals surface area contributed by atoms with E-state index in [1.54, 1.807) is 30.3 Å². The molecule has 2 heterocycles. The summed E-state index contributed by atoms with van der Waals surface area (Å²) in [6, 6.07) is 10.2. The lowest BCUT2D eigenvalue weighted by molar-refractivity contribution is -0.384. The van der Waals surface area contributed by atoms with E-state index in [9.17, 15) is 14.9 Å². The van der Waals surface area contributed by atoms with Crippen LogP contribution < -0.4 is 9.47 Å². The number of nitro groups is 1. The van der Waals surface area contributed by atoms with Crippen molar-refractivity contribution in [3.05, 3.63) is 63.2 Å². The van der Waals surface area contributed by atoms with Crippen molar-refractivity contribution in [1.82, 2.24) is 4.90 Å². The van der Waals surface area contributed by atoms with E-state index in [4.69, 9.17) is 9.47 Å². The third kappa shape index (κ3) is 3.25. The molecular weight excluding hydrogens is 336 g/mol. The lowest BCUT2D eigenvalue weighted by Gasteiger charge is -2.19. The van der Waals surface area contributed by atoms with Crippen LogP contribution in [0.4, 0.5) is 5.69 Å². The van der Waals surface area contributed by atoms with Gasteiger partial charge >= 0.3 is 0 Å². The molecule has 4 rings (SSSR count). The van der Waals surface area contributed by atoms with Crippen molar-refractivity contribution in [3.8, 4) is 11.5 Å². The number of ketones is 1. The number of fused-ring (bicyclic) bond motifs is 2. The topological polar surface area (TPSA) is 81.9 Å². The third-order valence-electron chi connectivity index (χ3n) is 4.71. The van der Waals surface area contributed by atoms with Crippen molar-refractivity contribution in [2.75, 3.05) is 19.8 Å². The molecule has 0 bridgehead atoms. The molecule has 0 aliphatic carbocycles. The molecule has 2 aliphatic rings. The highest BCUT2D eigenvalue weighted by atomic mass is 16.6. The standard InChI is InChI=1S/C19H18N2O5/c22-17(13-2-4-18-19(10-13)26-8-7-25-18)5-6-20-11-14-1-3-16(21(23)24)9-15(14)12-20/h1-4,9-10H,5-8,11-12H2. The van der Waals surface area contributed by atoms with Crippen molar-refractivity contribution >= 4 is 11.5 Å². The van der Waals surface area contributed by atoms with Crippen LogP contribution in [-0.2, 0) is 13.1 Å². The monoisotopic (exact) mass is 354 g/mol. The first-order valence-corrected chi connectivity index (χ1v) is 8.51. The summed E-state index contributed by atoms with van der Waals surface area (Å²) in [5, 5.41) is 10.9. The maximum Gasteiger partial charge on any atom is 0.269 e. The highest BCUT2D eigenvalue weighted by Crippen LogP contribution is 2.31. The predicted molar refractivity (Wildman–Crippen MR) is 93.6 cm³/mol. The molecule has 0 unspecified atom stereocenters. The lowest BCUT2D eigenvalue weighted by Crippen LogP contribution is -2.20. The molecule has 0 saturated carbocycles. The number of benzene rings is 2. The highest BCUT2D eigenvalue weighted by Gasteiger charge is 2.22. The Bertz CT molecular complexity index is 880. The number of nitro benzene ring substituents is 1. The maximum absolute atomic E-state index is 12.5. The smallest absolute Gasteiger partial charge is 0.269 e. The molecule has 2 aliphatic heterocycles. The molecule has 134 valence electrons. The summed E-state index contributed by atoms with van der Waals surface area (Å²) in [4.78, 5) is 25.1. The van der Waals surface area contributed by atoms with E-state index in [0.29, 0.717) is 56.3 Å². The van der Waals surface area contributed by atoms with Gasteiger partial charge in [0.15, 0.2) is 17.3 Å². The summed E-state index contributed by atoms with van der Waals surface area (Å²) >= 11 is 0. The van der Waals surface area contributed by atoms with Gasteiger partial charge in [-0.3, -0.25) is 19.8 Å². The zero-order valence-corrected chi connectivity index (χ0v) is 14.1. The van der Waals surface area contributed by atoms with E-state index in [-0.39, 0.29) is 16.4 Å². The molecule has 0 spiro atoms. The summed E-state index contributed by atoms with van der Waals surface area (Å²) in [5.74, 6) is 1.33. The van der Waals surface area contributed by atoms with Crippen LogP contribution in [0.1, 0.15) is 27.9 Å². The number of carbonyl (C=O) groups is 1. The fraction of sp³-hybridized carbons (Fsp3) is 0.316. The summed E-state index contributed by atoms with van der Waals surface area (Å²) in [6.45, 7) is 2.96. The van der Waals surface area contributed by atoms with Gasteiger partial charge < -0.3 is 9.47 Å². The fourth-order valence-corrected chi connectivity index (χ4v) is 3.34. The van der Waals surface area contributed by atoms with Gasteiger partial charge in [0, 0.05) is 43.8 Å². The van der Waals surface area contributed by atoms with Gasteiger partial charge in [-0.05, 0) is 29.3 Å². The first-order valence-electron chi connectivity index (χ1n) is 8.51. The molecular formula is C19H18N2O5. The molecule has 0 aromatic heterocycles. The number of hydrogen-bond acceptors (Lipinski definition) is 6. The van der Waals surface area contributed by atoms with Gasteiger partial charge in [-0.25, -0.2) is 0 Å². The fourth-order valence-electron chi connectivity index (χ4n) is 3.34. The molecule has 0 N–H and O–H groups in total. The first kappa shape index (κ1) is 16.5. The molecule has 26 heavy (non-hydrogen) atoms. The Balaban J connectivity index is 1.37. The average molecular weight is 354 g/mol. The van der Waals surface area contributed by atoms with Crippen molar-refractivity contribution in [1.29, 1.82) is 0 Å². The minimum absolute atomic E-state index is 0.0453. The number of ether oxygens (including phenoxy) is 2. The number of hydrogen-bond donors (Lipinski definition) is 0. The molecule has 7 heteroatoms. The molecule has 0 atom stereocenters. The normalized spacial score (nSPS) is 15.5. The van der Waals surface area contributed by atoms with Crippen molar-refractivity contribution in [2.24, 2.45) is 0 Å². The number of rotatable bonds is 5. The van der Waals surface area contributed by atoms with E-state index in [1.165, 1.54) is 6.07 Å². The van der Waals surface area contributed by atoms with Crippen LogP contribution in [0, 0.1) is 10.1 Å². The van der Waals surface area contributed by atoms with E-state index < -0.39 is 0 Å². The number of non-ortho nitro benzene ring substituents is 1. The number of Topliss-reactive ketones (excluding diaryl/α,β-unsaturated/α-hetero) is 1. The summed E-state index contributed by atoms with van der Waals surface area (Å²) in [6.07, 6.45) is 0.385. The molecule has 2 aromatic carbocycles. The van der Waals surface area contributed by atoms with E-state index in [1.807, 2.05) is 0 Å². The Morgan fingerprint density at radius 3 is 2.62 bits per heavy atom. The van der Waals surface area contributed by atoms with Gasteiger partial charge in [-0.15, -0.1) is 0 Å². The van der Waals surface area contributed by atoms with Gasteiger partial charge in [-0.2, -0.15) is 0 Å². The molecule has 0 fully saturated rings. The Morgan fingerprint density at radius 2 is 1.81 bits per heavy atom. The van der Waals surface area contributed by atoms with Crippen LogP contribution in [0.3, 0.4) is 0 Å². The van der Waals surface area contributed by atoms with E-state index >= 15 is 0 Å². The SMILES string of the molecule is O=C(CCN1Cc2ccc([N+](=O)[O-])cc2C1)c1ccc2c(c1)OCCO2.